The van der Waals surface area contributed by atoms with Crippen LogP contribution in [0.1, 0.15) is 19.4 Å². The van der Waals surface area contributed by atoms with E-state index in [1.807, 2.05) is 19.1 Å². The molecule has 0 aliphatic rings. The summed E-state index contributed by atoms with van der Waals surface area (Å²) in [6.45, 7) is 8.85. The Bertz CT molecular complexity index is 896. The molecule has 1 aromatic heterocycles. The fraction of sp³-hybridized carbons (Fsp3) is 0.316. The van der Waals surface area contributed by atoms with Gasteiger partial charge in [0.15, 0.2) is 0 Å². The second-order valence-corrected chi connectivity index (χ2v) is 6.10. The number of nitro benzene ring substituents is 1. The molecule has 3 rings (SSSR count). The number of nitro groups is 1. The zero-order chi connectivity index (χ0) is 18.0. The molecule has 3 aromatic rings. The first-order valence-electron chi connectivity index (χ1n) is 8.47. The molecule has 2 aromatic carbocycles. The van der Waals surface area contributed by atoms with Gasteiger partial charge in [-0.25, -0.2) is 4.98 Å². The molecule has 0 aliphatic carbocycles. The number of imidazole rings is 1. The topological polar surface area (TPSA) is 64.2 Å². The van der Waals surface area contributed by atoms with E-state index in [-0.39, 0.29) is 10.6 Å². The lowest BCUT2D eigenvalue weighted by atomic mass is 10.1. The quantitative estimate of drug-likeness (QED) is 0.499. The molecule has 1 heterocycles. The van der Waals surface area contributed by atoms with Gasteiger partial charge < -0.3 is 4.57 Å². The van der Waals surface area contributed by atoms with Crippen molar-refractivity contribution in [3.8, 4) is 11.4 Å². The van der Waals surface area contributed by atoms with Gasteiger partial charge in [-0.05, 0) is 26.1 Å². The molecule has 0 saturated heterocycles. The predicted molar refractivity (Wildman–Crippen MR) is 99.5 cm³/mol. The fourth-order valence-electron chi connectivity index (χ4n) is 2.92. The first kappa shape index (κ1) is 17.1. The minimum absolute atomic E-state index is 0.0652. The van der Waals surface area contributed by atoms with Gasteiger partial charge in [-0.15, -0.1) is 0 Å². The minimum atomic E-state index is -0.381. The number of nitrogens with zero attached hydrogens (tertiary/aromatic N) is 4. The molecule has 130 valence electrons. The summed E-state index contributed by atoms with van der Waals surface area (Å²) in [6.07, 6.45) is 0. The zero-order valence-electron chi connectivity index (χ0n) is 14.8. The Morgan fingerprint density at radius 1 is 1.12 bits per heavy atom. The molecule has 0 spiro atoms. The maximum atomic E-state index is 11.1. The Kier molecular flexibility index (Phi) is 4.81. The summed E-state index contributed by atoms with van der Waals surface area (Å²) in [5.74, 6) is 0.836. The van der Waals surface area contributed by atoms with Crippen LogP contribution in [0, 0.1) is 17.0 Å². The average molecular weight is 338 g/mol. The number of benzene rings is 2. The Balaban J connectivity index is 2.18. The van der Waals surface area contributed by atoms with Crippen LogP contribution in [-0.2, 0) is 6.67 Å². The van der Waals surface area contributed by atoms with Gasteiger partial charge in [0.1, 0.15) is 5.82 Å². The Labute approximate surface area is 146 Å². The Hall–Kier alpha value is -2.73. The number of hydrogen-bond donors (Lipinski definition) is 0. The highest BCUT2D eigenvalue weighted by Gasteiger charge is 2.17. The SMILES string of the molecule is CCN(CC)Cn1c(-c2ccc(C)cc2)nc2cc([N+](=O)[O-])ccc21. The number of hydrogen-bond acceptors (Lipinski definition) is 4. The lowest BCUT2D eigenvalue weighted by Gasteiger charge is -2.21. The molecule has 0 amide bonds. The molecule has 25 heavy (non-hydrogen) atoms. The predicted octanol–water partition coefficient (Wildman–Crippen LogP) is 4.22. The molecule has 0 aliphatic heterocycles. The largest absolute Gasteiger partial charge is 0.310 e. The van der Waals surface area contributed by atoms with Gasteiger partial charge in [-0.3, -0.25) is 15.0 Å². The van der Waals surface area contributed by atoms with Crippen molar-refractivity contribution in [2.75, 3.05) is 13.1 Å². The number of aromatic nitrogens is 2. The van der Waals surface area contributed by atoms with Crippen LogP contribution in [0.2, 0.25) is 0 Å². The lowest BCUT2D eigenvalue weighted by molar-refractivity contribution is -0.384. The normalized spacial score (nSPS) is 11.4. The van der Waals surface area contributed by atoms with Crippen molar-refractivity contribution in [3.63, 3.8) is 0 Å². The van der Waals surface area contributed by atoms with Crippen molar-refractivity contribution in [3.05, 3.63) is 58.1 Å². The highest BCUT2D eigenvalue weighted by molar-refractivity contribution is 5.82. The van der Waals surface area contributed by atoms with Crippen molar-refractivity contribution >= 4 is 16.7 Å². The summed E-state index contributed by atoms with van der Waals surface area (Å²) < 4.78 is 2.14. The van der Waals surface area contributed by atoms with E-state index >= 15 is 0 Å². The summed E-state index contributed by atoms with van der Waals surface area (Å²) in [7, 11) is 0. The van der Waals surface area contributed by atoms with E-state index in [0.29, 0.717) is 12.2 Å². The molecule has 0 bridgehead atoms. The van der Waals surface area contributed by atoms with Crippen molar-refractivity contribution in [1.82, 2.24) is 14.5 Å². The maximum absolute atomic E-state index is 11.1. The van der Waals surface area contributed by atoms with E-state index in [1.165, 1.54) is 5.56 Å². The maximum Gasteiger partial charge on any atom is 0.271 e. The summed E-state index contributed by atoms with van der Waals surface area (Å²) in [5.41, 5.74) is 3.82. The average Bonchev–Trinajstić information content (AvgIpc) is 2.97. The second-order valence-electron chi connectivity index (χ2n) is 6.10. The van der Waals surface area contributed by atoms with Crippen molar-refractivity contribution < 1.29 is 4.92 Å². The summed E-state index contributed by atoms with van der Waals surface area (Å²) in [5, 5.41) is 11.1. The van der Waals surface area contributed by atoms with Crippen molar-refractivity contribution in [2.45, 2.75) is 27.4 Å². The van der Waals surface area contributed by atoms with Crippen LogP contribution in [0.15, 0.2) is 42.5 Å². The van der Waals surface area contributed by atoms with Crippen LogP contribution in [0.5, 0.6) is 0 Å². The van der Waals surface area contributed by atoms with Crippen molar-refractivity contribution in [1.29, 1.82) is 0 Å². The smallest absolute Gasteiger partial charge is 0.271 e. The number of rotatable bonds is 6. The summed E-state index contributed by atoms with van der Waals surface area (Å²) in [6, 6.07) is 13.1. The third-order valence-corrected chi connectivity index (χ3v) is 4.49. The van der Waals surface area contributed by atoms with Gasteiger partial charge >= 0.3 is 0 Å². The van der Waals surface area contributed by atoms with Crippen LogP contribution in [0.4, 0.5) is 5.69 Å². The molecule has 0 unspecified atom stereocenters. The molecule has 0 N–H and O–H groups in total. The lowest BCUT2D eigenvalue weighted by Crippen LogP contribution is -2.26. The van der Waals surface area contributed by atoms with E-state index in [4.69, 9.17) is 4.98 Å². The molecule has 6 heteroatoms. The third-order valence-electron chi connectivity index (χ3n) is 4.49. The Morgan fingerprint density at radius 2 is 1.80 bits per heavy atom. The summed E-state index contributed by atoms with van der Waals surface area (Å²) in [4.78, 5) is 17.7. The van der Waals surface area contributed by atoms with E-state index in [2.05, 4.69) is 35.4 Å². The first-order valence-corrected chi connectivity index (χ1v) is 8.47. The van der Waals surface area contributed by atoms with Gasteiger partial charge in [-0.1, -0.05) is 43.7 Å². The van der Waals surface area contributed by atoms with Gasteiger partial charge in [0.05, 0.1) is 22.6 Å². The molecule has 0 fully saturated rings. The third kappa shape index (κ3) is 3.39. The Morgan fingerprint density at radius 3 is 2.40 bits per heavy atom. The highest BCUT2D eigenvalue weighted by Crippen LogP contribution is 2.28. The van der Waals surface area contributed by atoms with E-state index < -0.39 is 0 Å². The van der Waals surface area contributed by atoms with E-state index in [9.17, 15) is 10.1 Å². The highest BCUT2D eigenvalue weighted by atomic mass is 16.6. The standard InChI is InChI=1S/C19H22N4O2/c1-4-21(5-2)13-22-18-11-10-16(23(24)25)12-17(18)20-19(22)15-8-6-14(3)7-9-15/h6-12H,4-5,13H2,1-3H3. The monoisotopic (exact) mass is 338 g/mol. The second kappa shape index (κ2) is 7.03. The van der Waals surface area contributed by atoms with Crippen LogP contribution in [0.25, 0.3) is 22.4 Å². The van der Waals surface area contributed by atoms with Gasteiger partial charge in [-0.2, -0.15) is 0 Å². The molecule has 0 radical (unpaired) electrons. The van der Waals surface area contributed by atoms with Gasteiger partial charge in [0.2, 0.25) is 0 Å². The van der Waals surface area contributed by atoms with Gasteiger partial charge in [0, 0.05) is 17.7 Å². The number of aryl methyl sites for hydroxylation is 1. The fourth-order valence-corrected chi connectivity index (χ4v) is 2.92. The molecular formula is C19H22N4O2. The number of non-ortho nitro benzene ring substituents is 1. The van der Waals surface area contributed by atoms with E-state index in [1.54, 1.807) is 18.2 Å². The molecular weight excluding hydrogens is 316 g/mol. The van der Waals surface area contributed by atoms with Crippen molar-refractivity contribution in [2.24, 2.45) is 0 Å². The van der Waals surface area contributed by atoms with Crippen LogP contribution in [-0.4, -0.2) is 32.5 Å². The van der Waals surface area contributed by atoms with Gasteiger partial charge in [0.25, 0.3) is 5.69 Å². The van der Waals surface area contributed by atoms with Crippen LogP contribution < -0.4 is 0 Å². The molecule has 6 nitrogen and oxygen atoms in total. The minimum Gasteiger partial charge on any atom is -0.310 e. The van der Waals surface area contributed by atoms with Crippen LogP contribution in [0.3, 0.4) is 0 Å². The first-order chi connectivity index (χ1) is 12.0. The van der Waals surface area contributed by atoms with Crippen LogP contribution >= 0.6 is 0 Å². The summed E-state index contributed by atoms with van der Waals surface area (Å²) >= 11 is 0. The number of fused-ring (bicyclic) bond motifs is 1. The molecule has 0 saturated carbocycles. The van der Waals surface area contributed by atoms with E-state index in [0.717, 1.165) is 30.0 Å². The molecule has 0 atom stereocenters. The zero-order valence-corrected chi connectivity index (χ0v) is 14.8.